The molecule has 1 N–H and O–H groups in total. The zero-order valence-corrected chi connectivity index (χ0v) is 13.6. The highest BCUT2D eigenvalue weighted by Crippen LogP contribution is 2.25. The molecule has 21 heavy (non-hydrogen) atoms. The molecule has 0 aliphatic heterocycles. The number of anilines is 1. The molecule has 2 nitrogen and oxygen atoms in total. The second-order valence-corrected chi connectivity index (χ2v) is 6.06. The summed E-state index contributed by atoms with van der Waals surface area (Å²) in [4.78, 5) is 0. The van der Waals surface area contributed by atoms with E-state index in [1.165, 1.54) is 11.1 Å². The van der Waals surface area contributed by atoms with Crippen molar-refractivity contribution in [2.24, 2.45) is 5.92 Å². The fraction of sp³-hybridized carbons (Fsp3) is 0.333. The third-order valence-electron chi connectivity index (χ3n) is 3.23. The molecular formula is C18H22ClNO. The van der Waals surface area contributed by atoms with Crippen LogP contribution in [0.2, 0.25) is 5.02 Å². The standard InChI is InChI=1S/C18H22ClNO/c1-13(2)12-21-18-7-5-4-6-17(18)20-11-15-8-9-16(19)10-14(15)3/h4-10,13,20H,11-12H2,1-3H3. The maximum absolute atomic E-state index is 5.99. The Labute approximate surface area is 132 Å². The summed E-state index contributed by atoms with van der Waals surface area (Å²) in [6.07, 6.45) is 0. The van der Waals surface area contributed by atoms with E-state index in [9.17, 15) is 0 Å². The predicted molar refractivity (Wildman–Crippen MR) is 90.3 cm³/mol. The average Bonchev–Trinajstić information content (AvgIpc) is 2.45. The van der Waals surface area contributed by atoms with E-state index in [1.54, 1.807) is 0 Å². The maximum Gasteiger partial charge on any atom is 0.142 e. The molecule has 0 aliphatic carbocycles. The number of hydrogen-bond acceptors (Lipinski definition) is 2. The first-order chi connectivity index (χ1) is 10.1. The molecule has 0 heterocycles. The Bertz CT molecular complexity index is 596. The Kier molecular flexibility index (Phi) is 5.51. The van der Waals surface area contributed by atoms with E-state index in [2.05, 4.69) is 32.2 Å². The first kappa shape index (κ1) is 15.7. The Morgan fingerprint density at radius 2 is 1.90 bits per heavy atom. The van der Waals surface area contributed by atoms with Crippen molar-refractivity contribution >= 4 is 17.3 Å². The van der Waals surface area contributed by atoms with Crippen LogP contribution in [0, 0.1) is 12.8 Å². The van der Waals surface area contributed by atoms with Gasteiger partial charge in [0, 0.05) is 11.6 Å². The molecule has 0 aliphatic rings. The van der Waals surface area contributed by atoms with Gasteiger partial charge in [0.25, 0.3) is 0 Å². The molecule has 0 amide bonds. The van der Waals surface area contributed by atoms with Gasteiger partial charge in [0.2, 0.25) is 0 Å². The van der Waals surface area contributed by atoms with Crippen molar-refractivity contribution < 1.29 is 4.74 Å². The van der Waals surface area contributed by atoms with Crippen LogP contribution in [0.5, 0.6) is 5.75 Å². The molecule has 0 atom stereocenters. The predicted octanol–water partition coefficient (Wildman–Crippen LogP) is 5.30. The van der Waals surface area contributed by atoms with Gasteiger partial charge in [-0.1, -0.05) is 43.6 Å². The van der Waals surface area contributed by atoms with Gasteiger partial charge in [-0.05, 0) is 48.2 Å². The third-order valence-corrected chi connectivity index (χ3v) is 3.47. The molecule has 2 aromatic carbocycles. The van der Waals surface area contributed by atoms with E-state index in [-0.39, 0.29) is 0 Å². The number of nitrogens with one attached hydrogen (secondary N) is 1. The van der Waals surface area contributed by atoms with Gasteiger partial charge < -0.3 is 10.1 Å². The molecule has 0 bridgehead atoms. The van der Waals surface area contributed by atoms with Crippen LogP contribution < -0.4 is 10.1 Å². The Balaban J connectivity index is 2.05. The Morgan fingerprint density at radius 3 is 2.62 bits per heavy atom. The van der Waals surface area contributed by atoms with Gasteiger partial charge in [0.1, 0.15) is 5.75 Å². The highest BCUT2D eigenvalue weighted by atomic mass is 35.5. The lowest BCUT2D eigenvalue weighted by atomic mass is 10.1. The van der Waals surface area contributed by atoms with Gasteiger partial charge in [0.05, 0.1) is 12.3 Å². The number of aryl methyl sites for hydroxylation is 1. The summed E-state index contributed by atoms with van der Waals surface area (Å²) >= 11 is 5.99. The van der Waals surface area contributed by atoms with Gasteiger partial charge in [-0.15, -0.1) is 0 Å². The highest BCUT2D eigenvalue weighted by Gasteiger charge is 2.05. The van der Waals surface area contributed by atoms with Crippen LogP contribution in [0.15, 0.2) is 42.5 Å². The minimum absolute atomic E-state index is 0.511. The van der Waals surface area contributed by atoms with E-state index in [0.717, 1.165) is 29.6 Å². The summed E-state index contributed by atoms with van der Waals surface area (Å²) in [6.45, 7) is 7.84. The molecule has 0 spiro atoms. The smallest absolute Gasteiger partial charge is 0.142 e. The monoisotopic (exact) mass is 303 g/mol. The number of benzene rings is 2. The van der Waals surface area contributed by atoms with Crippen molar-refractivity contribution in [2.75, 3.05) is 11.9 Å². The second kappa shape index (κ2) is 7.37. The molecular weight excluding hydrogens is 282 g/mol. The van der Waals surface area contributed by atoms with Gasteiger partial charge in [0.15, 0.2) is 0 Å². The minimum Gasteiger partial charge on any atom is -0.491 e. The van der Waals surface area contributed by atoms with Crippen LogP contribution in [0.3, 0.4) is 0 Å². The molecule has 0 aromatic heterocycles. The van der Waals surface area contributed by atoms with Crippen LogP contribution in [0.25, 0.3) is 0 Å². The topological polar surface area (TPSA) is 21.3 Å². The third kappa shape index (κ3) is 4.68. The van der Waals surface area contributed by atoms with Gasteiger partial charge in [-0.2, -0.15) is 0 Å². The maximum atomic E-state index is 5.99. The van der Waals surface area contributed by atoms with Crippen molar-refractivity contribution in [1.29, 1.82) is 0 Å². The SMILES string of the molecule is Cc1cc(Cl)ccc1CNc1ccccc1OCC(C)C. The first-order valence-corrected chi connectivity index (χ1v) is 7.65. The van der Waals surface area contributed by atoms with Gasteiger partial charge >= 0.3 is 0 Å². The molecule has 3 heteroatoms. The van der Waals surface area contributed by atoms with Crippen molar-refractivity contribution in [2.45, 2.75) is 27.3 Å². The largest absolute Gasteiger partial charge is 0.491 e. The Morgan fingerprint density at radius 1 is 1.14 bits per heavy atom. The van der Waals surface area contributed by atoms with Crippen LogP contribution in [0.1, 0.15) is 25.0 Å². The quantitative estimate of drug-likeness (QED) is 0.782. The van der Waals surface area contributed by atoms with E-state index >= 15 is 0 Å². The number of rotatable bonds is 6. The van der Waals surface area contributed by atoms with E-state index in [1.807, 2.05) is 36.4 Å². The van der Waals surface area contributed by atoms with Crippen LogP contribution in [0.4, 0.5) is 5.69 Å². The fourth-order valence-electron chi connectivity index (χ4n) is 2.04. The zero-order valence-electron chi connectivity index (χ0n) is 12.8. The summed E-state index contributed by atoms with van der Waals surface area (Å²) in [7, 11) is 0. The van der Waals surface area contributed by atoms with Crippen LogP contribution in [-0.2, 0) is 6.54 Å². The van der Waals surface area contributed by atoms with E-state index in [0.29, 0.717) is 5.92 Å². The number of ether oxygens (including phenoxy) is 1. The molecule has 0 saturated carbocycles. The summed E-state index contributed by atoms with van der Waals surface area (Å²) in [6, 6.07) is 14.0. The molecule has 0 fully saturated rings. The van der Waals surface area contributed by atoms with E-state index in [4.69, 9.17) is 16.3 Å². The highest BCUT2D eigenvalue weighted by molar-refractivity contribution is 6.30. The Hall–Kier alpha value is -1.67. The summed E-state index contributed by atoms with van der Waals surface area (Å²) < 4.78 is 5.85. The normalized spacial score (nSPS) is 10.7. The molecule has 2 rings (SSSR count). The average molecular weight is 304 g/mol. The lowest BCUT2D eigenvalue weighted by Gasteiger charge is -2.15. The number of para-hydroxylation sites is 2. The minimum atomic E-state index is 0.511. The summed E-state index contributed by atoms with van der Waals surface area (Å²) in [5, 5.41) is 4.22. The molecule has 112 valence electrons. The lowest BCUT2D eigenvalue weighted by molar-refractivity contribution is 0.272. The van der Waals surface area contributed by atoms with Gasteiger partial charge in [-0.3, -0.25) is 0 Å². The summed E-state index contributed by atoms with van der Waals surface area (Å²) in [5.41, 5.74) is 3.45. The zero-order chi connectivity index (χ0) is 15.2. The molecule has 2 aromatic rings. The first-order valence-electron chi connectivity index (χ1n) is 7.27. The van der Waals surface area contributed by atoms with Crippen LogP contribution >= 0.6 is 11.6 Å². The van der Waals surface area contributed by atoms with Crippen molar-refractivity contribution in [3.05, 3.63) is 58.6 Å². The molecule has 0 radical (unpaired) electrons. The fourth-order valence-corrected chi connectivity index (χ4v) is 2.27. The molecule has 0 saturated heterocycles. The number of hydrogen-bond donors (Lipinski definition) is 1. The van der Waals surface area contributed by atoms with E-state index < -0.39 is 0 Å². The van der Waals surface area contributed by atoms with Gasteiger partial charge in [-0.25, -0.2) is 0 Å². The van der Waals surface area contributed by atoms with Crippen molar-refractivity contribution in [1.82, 2.24) is 0 Å². The molecule has 0 unspecified atom stereocenters. The summed E-state index contributed by atoms with van der Waals surface area (Å²) in [5.74, 6) is 1.41. The van der Waals surface area contributed by atoms with Crippen molar-refractivity contribution in [3.63, 3.8) is 0 Å². The lowest BCUT2D eigenvalue weighted by Crippen LogP contribution is -2.07. The number of halogens is 1. The second-order valence-electron chi connectivity index (χ2n) is 5.63. The van der Waals surface area contributed by atoms with Crippen molar-refractivity contribution in [3.8, 4) is 5.75 Å². The van der Waals surface area contributed by atoms with Crippen LogP contribution in [-0.4, -0.2) is 6.61 Å².